The third-order valence-corrected chi connectivity index (χ3v) is 4.08. The number of thiazole rings is 1. The molecule has 2 heterocycles. The first-order valence-electron chi connectivity index (χ1n) is 5.59. The molecule has 0 spiro atoms. The quantitative estimate of drug-likeness (QED) is 0.857. The van der Waals surface area contributed by atoms with E-state index < -0.39 is 0 Å². The van der Waals surface area contributed by atoms with Gasteiger partial charge in [0.15, 0.2) is 5.13 Å². The Morgan fingerprint density at radius 2 is 2.40 bits per heavy atom. The van der Waals surface area contributed by atoms with Gasteiger partial charge in [0.2, 0.25) is 0 Å². The Kier molecular flexibility index (Phi) is 3.26. The molecule has 1 aliphatic rings. The highest BCUT2D eigenvalue weighted by atomic mass is 32.1. The SMILES string of the molecule is CCc1nc(N2CCC(C)C2)sc1CO. The molecular weight excluding hydrogens is 208 g/mol. The third-order valence-electron chi connectivity index (χ3n) is 2.94. The molecule has 1 aromatic rings. The first-order valence-corrected chi connectivity index (χ1v) is 6.40. The molecule has 1 aromatic heterocycles. The van der Waals surface area contributed by atoms with Crippen molar-refractivity contribution in [2.24, 2.45) is 5.92 Å². The molecule has 1 N–H and O–H groups in total. The van der Waals surface area contributed by atoms with E-state index in [4.69, 9.17) is 0 Å². The molecule has 2 rings (SSSR count). The van der Waals surface area contributed by atoms with E-state index in [-0.39, 0.29) is 6.61 Å². The lowest BCUT2D eigenvalue weighted by Gasteiger charge is -2.13. The first-order chi connectivity index (χ1) is 7.24. The van der Waals surface area contributed by atoms with E-state index in [2.05, 4.69) is 23.7 Å². The van der Waals surface area contributed by atoms with Gasteiger partial charge in [-0.05, 0) is 18.8 Å². The smallest absolute Gasteiger partial charge is 0.185 e. The van der Waals surface area contributed by atoms with Crippen LogP contribution < -0.4 is 4.90 Å². The van der Waals surface area contributed by atoms with Crippen molar-refractivity contribution < 1.29 is 5.11 Å². The Labute approximate surface area is 94.8 Å². The highest BCUT2D eigenvalue weighted by Gasteiger charge is 2.22. The molecule has 0 aromatic carbocycles. The van der Waals surface area contributed by atoms with Crippen LogP contribution in [0.5, 0.6) is 0 Å². The summed E-state index contributed by atoms with van der Waals surface area (Å²) < 4.78 is 0. The standard InChI is InChI=1S/C11H18N2OS/c1-3-9-10(7-14)15-11(12-9)13-5-4-8(2)6-13/h8,14H,3-7H2,1-2H3. The fourth-order valence-corrected chi connectivity index (χ4v) is 3.06. The minimum absolute atomic E-state index is 0.129. The van der Waals surface area contributed by atoms with Gasteiger partial charge in [-0.2, -0.15) is 0 Å². The van der Waals surface area contributed by atoms with Gasteiger partial charge >= 0.3 is 0 Å². The molecule has 0 bridgehead atoms. The molecule has 1 saturated heterocycles. The van der Waals surface area contributed by atoms with Crippen molar-refractivity contribution in [3.8, 4) is 0 Å². The lowest BCUT2D eigenvalue weighted by atomic mass is 10.2. The Balaban J connectivity index is 2.18. The molecule has 1 atom stereocenters. The summed E-state index contributed by atoms with van der Waals surface area (Å²) in [5.74, 6) is 0.775. The minimum Gasteiger partial charge on any atom is -0.391 e. The van der Waals surface area contributed by atoms with E-state index in [1.54, 1.807) is 11.3 Å². The van der Waals surface area contributed by atoms with Crippen molar-refractivity contribution in [3.63, 3.8) is 0 Å². The number of anilines is 1. The van der Waals surface area contributed by atoms with Gasteiger partial charge in [-0.3, -0.25) is 0 Å². The zero-order chi connectivity index (χ0) is 10.8. The average Bonchev–Trinajstić information content (AvgIpc) is 2.82. The second kappa shape index (κ2) is 4.49. The Hall–Kier alpha value is -0.610. The van der Waals surface area contributed by atoms with Crippen molar-refractivity contribution in [3.05, 3.63) is 10.6 Å². The Morgan fingerprint density at radius 3 is 2.87 bits per heavy atom. The highest BCUT2D eigenvalue weighted by Crippen LogP contribution is 2.30. The molecular formula is C11H18N2OS. The van der Waals surface area contributed by atoms with E-state index in [0.29, 0.717) is 0 Å². The Bertz CT molecular complexity index is 316. The van der Waals surface area contributed by atoms with Crippen LogP contribution >= 0.6 is 11.3 Å². The molecule has 15 heavy (non-hydrogen) atoms. The number of aryl methyl sites for hydroxylation is 1. The summed E-state index contributed by atoms with van der Waals surface area (Å²) >= 11 is 1.65. The van der Waals surface area contributed by atoms with Gasteiger partial charge in [0.25, 0.3) is 0 Å². The average molecular weight is 226 g/mol. The van der Waals surface area contributed by atoms with Crippen molar-refractivity contribution in [2.75, 3.05) is 18.0 Å². The molecule has 0 aliphatic carbocycles. The van der Waals surface area contributed by atoms with Crippen LogP contribution in [0.4, 0.5) is 5.13 Å². The summed E-state index contributed by atoms with van der Waals surface area (Å²) in [5, 5.41) is 10.3. The van der Waals surface area contributed by atoms with E-state index >= 15 is 0 Å². The fraction of sp³-hybridized carbons (Fsp3) is 0.727. The Morgan fingerprint density at radius 1 is 1.60 bits per heavy atom. The zero-order valence-corrected chi connectivity index (χ0v) is 10.2. The summed E-state index contributed by atoms with van der Waals surface area (Å²) in [5.41, 5.74) is 1.07. The summed E-state index contributed by atoms with van der Waals surface area (Å²) in [6.45, 7) is 6.72. The van der Waals surface area contributed by atoms with Crippen molar-refractivity contribution in [1.82, 2.24) is 4.98 Å². The predicted molar refractivity (Wildman–Crippen MR) is 63.4 cm³/mol. The van der Waals surface area contributed by atoms with Crippen LogP contribution in [0.25, 0.3) is 0 Å². The summed E-state index contributed by atoms with van der Waals surface area (Å²) in [6.07, 6.45) is 2.17. The maximum Gasteiger partial charge on any atom is 0.185 e. The van der Waals surface area contributed by atoms with Gasteiger partial charge in [0.1, 0.15) is 0 Å². The van der Waals surface area contributed by atoms with E-state index in [1.165, 1.54) is 6.42 Å². The second-order valence-corrected chi connectivity index (χ2v) is 5.28. The first kappa shape index (κ1) is 10.9. The van der Waals surface area contributed by atoms with Crippen LogP contribution in [0.2, 0.25) is 0 Å². The number of rotatable bonds is 3. The zero-order valence-electron chi connectivity index (χ0n) is 9.36. The van der Waals surface area contributed by atoms with Crippen molar-refractivity contribution in [1.29, 1.82) is 0 Å². The lowest BCUT2D eigenvalue weighted by Crippen LogP contribution is -2.18. The van der Waals surface area contributed by atoms with Crippen molar-refractivity contribution >= 4 is 16.5 Å². The van der Waals surface area contributed by atoms with Gasteiger partial charge in [0.05, 0.1) is 17.2 Å². The number of hydrogen-bond donors (Lipinski definition) is 1. The van der Waals surface area contributed by atoms with E-state index in [9.17, 15) is 5.11 Å². The molecule has 1 aliphatic heterocycles. The maximum atomic E-state index is 9.21. The summed E-state index contributed by atoms with van der Waals surface area (Å²) in [6, 6.07) is 0. The predicted octanol–water partition coefficient (Wildman–Crippen LogP) is 2.04. The van der Waals surface area contributed by atoms with E-state index in [1.807, 2.05) is 0 Å². The summed E-state index contributed by atoms with van der Waals surface area (Å²) in [4.78, 5) is 7.98. The van der Waals surface area contributed by atoms with Crippen LogP contribution in [0, 0.1) is 5.92 Å². The van der Waals surface area contributed by atoms with Gasteiger partial charge in [0, 0.05) is 13.1 Å². The maximum absolute atomic E-state index is 9.21. The minimum atomic E-state index is 0.129. The lowest BCUT2D eigenvalue weighted by molar-refractivity contribution is 0.284. The number of aliphatic hydroxyl groups excluding tert-OH is 1. The molecule has 3 nitrogen and oxygen atoms in total. The van der Waals surface area contributed by atoms with Gasteiger partial charge in [-0.1, -0.05) is 25.2 Å². The molecule has 84 valence electrons. The number of aliphatic hydroxyl groups is 1. The molecule has 1 fully saturated rings. The van der Waals surface area contributed by atoms with Gasteiger partial charge in [-0.25, -0.2) is 4.98 Å². The molecule has 0 saturated carbocycles. The molecule has 0 amide bonds. The largest absolute Gasteiger partial charge is 0.391 e. The van der Waals surface area contributed by atoms with Crippen LogP contribution in [-0.2, 0) is 13.0 Å². The number of hydrogen-bond acceptors (Lipinski definition) is 4. The van der Waals surface area contributed by atoms with Gasteiger partial charge in [-0.15, -0.1) is 0 Å². The fourth-order valence-electron chi connectivity index (χ4n) is 2.01. The van der Waals surface area contributed by atoms with Crippen LogP contribution in [-0.4, -0.2) is 23.2 Å². The third kappa shape index (κ3) is 2.16. The van der Waals surface area contributed by atoms with Crippen LogP contribution in [0.15, 0.2) is 0 Å². The number of aromatic nitrogens is 1. The van der Waals surface area contributed by atoms with Crippen LogP contribution in [0.1, 0.15) is 30.8 Å². The normalized spacial score (nSPS) is 21.3. The van der Waals surface area contributed by atoms with E-state index in [0.717, 1.165) is 41.1 Å². The molecule has 1 unspecified atom stereocenters. The molecule has 4 heteroatoms. The topological polar surface area (TPSA) is 36.4 Å². The van der Waals surface area contributed by atoms with Crippen molar-refractivity contribution in [2.45, 2.75) is 33.3 Å². The monoisotopic (exact) mass is 226 g/mol. The van der Waals surface area contributed by atoms with Crippen LogP contribution in [0.3, 0.4) is 0 Å². The molecule has 0 radical (unpaired) electrons. The number of nitrogens with zero attached hydrogens (tertiary/aromatic N) is 2. The summed E-state index contributed by atoms with van der Waals surface area (Å²) in [7, 11) is 0. The second-order valence-electron chi connectivity index (χ2n) is 4.22. The van der Waals surface area contributed by atoms with Gasteiger partial charge < -0.3 is 10.0 Å². The highest BCUT2D eigenvalue weighted by molar-refractivity contribution is 7.15.